The molecule has 1 aromatic carbocycles. The number of rotatable bonds is 7. The number of hydrogen-bond acceptors (Lipinski definition) is 5. The van der Waals surface area contributed by atoms with Crippen molar-refractivity contribution < 1.29 is 17.9 Å². The molecule has 0 saturated carbocycles. The summed E-state index contributed by atoms with van der Waals surface area (Å²) >= 11 is 0. The van der Waals surface area contributed by atoms with Crippen LogP contribution in [0.25, 0.3) is 0 Å². The van der Waals surface area contributed by atoms with Crippen molar-refractivity contribution in [2.45, 2.75) is 25.8 Å². The van der Waals surface area contributed by atoms with Gasteiger partial charge in [0.1, 0.15) is 23.1 Å². The van der Waals surface area contributed by atoms with Gasteiger partial charge in [-0.1, -0.05) is 13.0 Å². The molecule has 0 saturated heterocycles. The van der Waals surface area contributed by atoms with Gasteiger partial charge in [-0.05, 0) is 37.1 Å². The van der Waals surface area contributed by atoms with Gasteiger partial charge in [-0.2, -0.15) is 0 Å². The third-order valence-electron chi connectivity index (χ3n) is 3.39. The van der Waals surface area contributed by atoms with E-state index in [1.54, 1.807) is 0 Å². The van der Waals surface area contributed by atoms with Crippen LogP contribution in [0, 0.1) is 0 Å². The summed E-state index contributed by atoms with van der Waals surface area (Å²) in [5, 5.41) is 3.40. The third-order valence-corrected chi connectivity index (χ3v) is 4.36. The zero-order valence-electron chi connectivity index (χ0n) is 12.6. The van der Waals surface area contributed by atoms with E-state index in [1.807, 2.05) is 18.2 Å². The lowest BCUT2D eigenvalue weighted by atomic mass is 10.0. The summed E-state index contributed by atoms with van der Waals surface area (Å²) < 4.78 is 33.9. The maximum atomic E-state index is 11.4. The summed E-state index contributed by atoms with van der Waals surface area (Å²) in [6, 6.07) is 5.83. The SMILES string of the molecule is CCCNC(CCS(C)(=O)=O)c1ccc2c(c1)OCCO2. The summed E-state index contributed by atoms with van der Waals surface area (Å²) in [5.41, 5.74) is 1.04. The second kappa shape index (κ2) is 7.13. The highest BCUT2D eigenvalue weighted by atomic mass is 32.2. The molecule has 0 aliphatic carbocycles. The van der Waals surface area contributed by atoms with Gasteiger partial charge < -0.3 is 14.8 Å². The Morgan fingerprint density at radius 1 is 1.24 bits per heavy atom. The average molecular weight is 313 g/mol. The summed E-state index contributed by atoms with van der Waals surface area (Å²) in [6.45, 7) is 4.05. The quantitative estimate of drug-likeness (QED) is 0.833. The lowest BCUT2D eigenvalue weighted by molar-refractivity contribution is 0.171. The third kappa shape index (κ3) is 4.89. The lowest BCUT2D eigenvalue weighted by Crippen LogP contribution is -2.25. The summed E-state index contributed by atoms with van der Waals surface area (Å²) in [6.07, 6.45) is 2.83. The Labute approximate surface area is 126 Å². The van der Waals surface area contributed by atoms with E-state index >= 15 is 0 Å². The van der Waals surface area contributed by atoms with Gasteiger partial charge in [0.05, 0.1) is 5.75 Å². The van der Waals surface area contributed by atoms with E-state index in [1.165, 1.54) is 6.26 Å². The van der Waals surface area contributed by atoms with E-state index in [4.69, 9.17) is 9.47 Å². The molecule has 1 aromatic rings. The van der Waals surface area contributed by atoms with Crippen LogP contribution in [0.1, 0.15) is 31.4 Å². The molecule has 0 fully saturated rings. The van der Waals surface area contributed by atoms with Crippen molar-refractivity contribution in [1.82, 2.24) is 5.32 Å². The van der Waals surface area contributed by atoms with Crippen LogP contribution in [0.5, 0.6) is 11.5 Å². The molecule has 21 heavy (non-hydrogen) atoms. The Morgan fingerprint density at radius 3 is 2.62 bits per heavy atom. The lowest BCUT2D eigenvalue weighted by Gasteiger charge is -2.23. The monoisotopic (exact) mass is 313 g/mol. The topological polar surface area (TPSA) is 64.6 Å². The van der Waals surface area contributed by atoms with E-state index in [9.17, 15) is 8.42 Å². The minimum Gasteiger partial charge on any atom is -0.486 e. The molecule has 0 amide bonds. The number of sulfone groups is 1. The first-order valence-electron chi connectivity index (χ1n) is 7.30. The van der Waals surface area contributed by atoms with E-state index in [0.717, 1.165) is 30.0 Å². The van der Waals surface area contributed by atoms with E-state index < -0.39 is 9.84 Å². The van der Waals surface area contributed by atoms with Gasteiger partial charge >= 0.3 is 0 Å². The molecule has 2 rings (SSSR count). The van der Waals surface area contributed by atoms with Gasteiger partial charge in [-0.3, -0.25) is 0 Å². The fraction of sp³-hybridized carbons (Fsp3) is 0.600. The van der Waals surface area contributed by atoms with Crippen molar-refractivity contribution in [2.75, 3.05) is 31.8 Å². The van der Waals surface area contributed by atoms with Gasteiger partial charge in [-0.15, -0.1) is 0 Å². The van der Waals surface area contributed by atoms with Crippen LogP contribution in [0.15, 0.2) is 18.2 Å². The van der Waals surface area contributed by atoms with Crippen LogP contribution in [-0.4, -0.2) is 40.2 Å². The molecule has 1 unspecified atom stereocenters. The molecule has 0 aromatic heterocycles. The molecule has 118 valence electrons. The number of fused-ring (bicyclic) bond motifs is 1. The average Bonchev–Trinajstić information content (AvgIpc) is 2.46. The van der Waals surface area contributed by atoms with Crippen LogP contribution < -0.4 is 14.8 Å². The van der Waals surface area contributed by atoms with Gasteiger partial charge in [0.15, 0.2) is 11.5 Å². The fourth-order valence-corrected chi connectivity index (χ4v) is 2.98. The zero-order chi connectivity index (χ0) is 15.3. The Hall–Kier alpha value is -1.27. The molecular formula is C15H23NO4S. The number of benzene rings is 1. The van der Waals surface area contributed by atoms with E-state index in [2.05, 4.69) is 12.2 Å². The second-order valence-electron chi connectivity index (χ2n) is 5.33. The number of ether oxygens (including phenoxy) is 2. The first-order valence-corrected chi connectivity index (χ1v) is 9.36. The van der Waals surface area contributed by atoms with Gasteiger partial charge in [0.25, 0.3) is 0 Å². The smallest absolute Gasteiger partial charge is 0.161 e. The summed E-state index contributed by atoms with van der Waals surface area (Å²) in [4.78, 5) is 0. The van der Waals surface area contributed by atoms with Crippen LogP contribution in [0.3, 0.4) is 0 Å². The summed E-state index contributed by atoms with van der Waals surface area (Å²) in [7, 11) is -2.97. The highest BCUT2D eigenvalue weighted by molar-refractivity contribution is 7.90. The molecule has 6 heteroatoms. The van der Waals surface area contributed by atoms with Crippen molar-refractivity contribution >= 4 is 9.84 Å². The molecule has 1 atom stereocenters. The number of nitrogens with one attached hydrogen (secondary N) is 1. The highest BCUT2D eigenvalue weighted by Crippen LogP contribution is 2.33. The molecule has 0 bridgehead atoms. The van der Waals surface area contributed by atoms with Crippen LogP contribution in [0.4, 0.5) is 0 Å². The molecule has 5 nitrogen and oxygen atoms in total. The molecule has 1 aliphatic rings. The maximum Gasteiger partial charge on any atom is 0.161 e. The molecular weight excluding hydrogens is 290 g/mol. The van der Waals surface area contributed by atoms with Crippen LogP contribution >= 0.6 is 0 Å². The Balaban J connectivity index is 2.15. The first-order chi connectivity index (χ1) is 9.99. The Morgan fingerprint density at radius 2 is 1.95 bits per heavy atom. The van der Waals surface area contributed by atoms with E-state index in [-0.39, 0.29) is 11.8 Å². The standard InChI is InChI=1S/C15H23NO4S/c1-3-7-16-13(6-10-21(2,17)18)12-4-5-14-15(11-12)20-9-8-19-14/h4-5,11,13,16H,3,6-10H2,1-2H3. The maximum absolute atomic E-state index is 11.4. The fourth-order valence-electron chi connectivity index (χ4n) is 2.31. The van der Waals surface area contributed by atoms with Gasteiger partial charge in [0, 0.05) is 12.3 Å². The molecule has 1 heterocycles. The van der Waals surface area contributed by atoms with Crippen molar-refractivity contribution in [3.63, 3.8) is 0 Å². The zero-order valence-corrected chi connectivity index (χ0v) is 13.4. The van der Waals surface area contributed by atoms with Gasteiger partial charge in [-0.25, -0.2) is 8.42 Å². The largest absolute Gasteiger partial charge is 0.486 e. The highest BCUT2D eigenvalue weighted by Gasteiger charge is 2.18. The Bertz CT molecular complexity index is 571. The minimum atomic E-state index is -2.97. The normalized spacial score (nSPS) is 15.7. The molecule has 1 N–H and O–H groups in total. The summed E-state index contributed by atoms with van der Waals surface area (Å²) in [5.74, 6) is 1.66. The van der Waals surface area contributed by atoms with Crippen molar-refractivity contribution in [2.24, 2.45) is 0 Å². The second-order valence-corrected chi connectivity index (χ2v) is 7.59. The number of hydrogen-bond donors (Lipinski definition) is 1. The van der Waals surface area contributed by atoms with Crippen LogP contribution in [-0.2, 0) is 9.84 Å². The van der Waals surface area contributed by atoms with Crippen LogP contribution in [0.2, 0.25) is 0 Å². The van der Waals surface area contributed by atoms with E-state index in [0.29, 0.717) is 19.6 Å². The predicted molar refractivity (Wildman–Crippen MR) is 82.8 cm³/mol. The Kier molecular flexibility index (Phi) is 5.47. The molecule has 1 aliphatic heterocycles. The van der Waals surface area contributed by atoms with Crippen molar-refractivity contribution in [3.05, 3.63) is 23.8 Å². The minimum absolute atomic E-state index is 0.00972. The predicted octanol–water partition coefficient (Wildman–Crippen LogP) is 1.93. The first kappa shape index (κ1) is 16.1. The molecule has 0 radical (unpaired) electrons. The van der Waals surface area contributed by atoms with Crippen molar-refractivity contribution in [3.8, 4) is 11.5 Å². The van der Waals surface area contributed by atoms with Crippen molar-refractivity contribution in [1.29, 1.82) is 0 Å². The van der Waals surface area contributed by atoms with Gasteiger partial charge in [0.2, 0.25) is 0 Å². The molecule has 0 spiro atoms.